The van der Waals surface area contributed by atoms with Crippen LogP contribution in [-0.4, -0.2) is 24.3 Å². The first kappa shape index (κ1) is 10.4. The summed E-state index contributed by atoms with van der Waals surface area (Å²) in [5.41, 5.74) is 1.02. The Morgan fingerprint density at radius 1 is 1.38 bits per heavy atom. The van der Waals surface area contributed by atoms with Gasteiger partial charge in [-0.25, -0.2) is 0 Å². The molecule has 0 saturated heterocycles. The van der Waals surface area contributed by atoms with Gasteiger partial charge in [0, 0.05) is 10.5 Å². The Labute approximate surface area is 82.1 Å². The third kappa shape index (κ3) is 2.15. The van der Waals surface area contributed by atoms with Crippen molar-refractivity contribution in [3.8, 4) is 5.75 Å². The molecule has 13 heavy (non-hydrogen) atoms. The van der Waals surface area contributed by atoms with E-state index in [0.717, 1.165) is 5.56 Å². The lowest BCUT2D eigenvalue weighted by molar-refractivity contribution is 0.411. The maximum absolute atomic E-state index is 8.96. The van der Waals surface area contributed by atoms with Crippen LogP contribution in [0.4, 0.5) is 0 Å². The minimum absolute atomic E-state index is 0.263. The van der Waals surface area contributed by atoms with Crippen molar-refractivity contribution in [2.45, 2.75) is 6.92 Å². The Hall–Kier alpha value is -0.705. The van der Waals surface area contributed by atoms with Crippen molar-refractivity contribution >= 4 is 24.2 Å². The number of hydrogen-bond acceptors (Lipinski definition) is 3. The Morgan fingerprint density at radius 2 is 2.00 bits per heavy atom. The number of methoxy groups -OCH3 is 1. The van der Waals surface area contributed by atoms with Gasteiger partial charge < -0.3 is 14.8 Å². The van der Waals surface area contributed by atoms with Crippen LogP contribution < -0.4 is 10.2 Å². The molecule has 1 aromatic carbocycles. The fourth-order valence-corrected chi connectivity index (χ4v) is 1.28. The number of benzene rings is 1. The van der Waals surface area contributed by atoms with Crippen LogP contribution in [0, 0.1) is 6.92 Å². The third-order valence-corrected chi connectivity index (χ3v) is 2.29. The van der Waals surface area contributed by atoms with Gasteiger partial charge in [-0.1, -0.05) is 11.6 Å². The summed E-state index contributed by atoms with van der Waals surface area (Å²) in [6, 6.07) is 3.23. The highest BCUT2D eigenvalue weighted by molar-refractivity contribution is 6.63. The largest absolute Gasteiger partial charge is 0.497 e. The number of halogens is 1. The van der Waals surface area contributed by atoms with Gasteiger partial charge in [-0.05, 0) is 24.6 Å². The summed E-state index contributed by atoms with van der Waals surface area (Å²) in [6.45, 7) is 1.77. The van der Waals surface area contributed by atoms with E-state index in [1.54, 1.807) is 13.0 Å². The van der Waals surface area contributed by atoms with E-state index < -0.39 is 7.12 Å². The second kappa shape index (κ2) is 4.00. The molecule has 0 aromatic heterocycles. The smallest absolute Gasteiger partial charge is 0.490 e. The molecule has 3 nitrogen and oxygen atoms in total. The van der Waals surface area contributed by atoms with Gasteiger partial charge in [-0.3, -0.25) is 0 Å². The molecule has 0 amide bonds. The lowest BCUT2D eigenvalue weighted by Crippen LogP contribution is -2.31. The molecule has 0 aliphatic carbocycles. The van der Waals surface area contributed by atoms with E-state index in [4.69, 9.17) is 26.4 Å². The molecule has 1 aromatic rings. The van der Waals surface area contributed by atoms with Gasteiger partial charge in [-0.15, -0.1) is 0 Å². The first-order valence-corrected chi connectivity index (χ1v) is 4.14. The highest BCUT2D eigenvalue weighted by Crippen LogP contribution is 2.19. The minimum Gasteiger partial charge on any atom is -0.497 e. The average molecular weight is 200 g/mol. The number of aryl methyl sites for hydroxylation is 1. The highest BCUT2D eigenvalue weighted by atomic mass is 35.5. The second-order valence-corrected chi connectivity index (χ2v) is 3.10. The van der Waals surface area contributed by atoms with Gasteiger partial charge >= 0.3 is 7.12 Å². The van der Waals surface area contributed by atoms with Gasteiger partial charge in [-0.2, -0.15) is 0 Å². The van der Waals surface area contributed by atoms with Crippen LogP contribution in [0.2, 0.25) is 5.02 Å². The molecule has 0 heterocycles. The summed E-state index contributed by atoms with van der Waals surface area (Å²) in [5.74, 6) is 0.560. The summed E-state index contributed by atoms with van der Waals surface area (Å²) >= 11 is 5.84. The van der Waals surface area contributed by atoms with Gasteiger partial charge in [0.1, 0.15) is 5.75 Å². The fourth-order valence-electron chi connectivity index (χ4n) is 1.07. The first-order valence-electron chi connectivity index (χ1n) is 3.76. The first-order chi connectivity index (χ1) is 6.06. The summed E-state index contributed by atoms with van der Waals surface area (Å²) in [6.07, 6.45) is 0. The van der Waals surface area contributed by atoms with Gasteiger partial charge in [0.2, 0.25) is 0 Å². The second-order valence-electron chi connectivity index (χ2n) is 2.72. The lowest BCUT2D eigenvalue weighted by atomic mass is 9.79. The summed E-state index contributed by atoms with van der Waals surface area (Å²) in [5, 5.41) is 18.3. The van der Waals surface area contributed by atoms with Gasteiger partial charge in [0.25, 0.3) is 0 Å². The molecule has 0 fully saturated rings. The third-order valence-electron chi connectivity index (χ3n) is 1.77. The van der Waals surface area contributed by atoms with Crippen molar-refractivity contribution in [1.29, 1.82) is 0 Å². The van der Waals surface area contributed by atoms with Gasteiger partial charge in [0.05, 0.1) is 7.11 Å². The number of hydrogen-bond donors (Lipinski definition) is 2. The zero-order valence-electron chi connectivity index (χ0n) is 7.41. The Morgan fingerprint density at radius 3 is 2.46 bits per heavy atom. The van der Waals surface area contributed by atoms with E-state index in [0.29, 0.717) is 10.8 Å². The zero-order chi connectivity index (χ0) is 10.0. The lowest BCUT2D eigenvalue weighted by Gasteiger charge is -2.08. The summed E-state index contributed by atoms with van der Waals surface area (Å²) in [7, 11) is -0.0581. The molecule has 0 radical (unpaired) electrons. The van der Waals surface area contributed by atoms with Crippen molar-refractivity contribution in [3.63, 3.8) is 0 Å². The van der Waals surface area contributed by atoms with Crippen LogP contribution in [-0.2, 0) is 0 Å². The minimum atomic E-state index is -1.57. The quantitative estimate of drug-likeness (QED) is 0.677. The van der Waals surface area contributed by atoms with Gasteiger partial charge in [0.15, 0.2) is 0 Å². The molecule has 2 N–H and O–H groups in total. The summed E-state index contributed by atoms with van der Waals surface area (Å²) in [4.78, 5) is 0. The Balaban J connectivity index is 3.25. The van der Waals surface area contributed by atoms with E-state index in [2.05, 4.69) is 0 Å². The molecule has 0 aliphatic heterocycles. The van der Waals surface area contributed by atoms with Crippen molar-refractivity contribution in [2.24, 2.45) is 0 Å². The molecule has 0 unspecified atom stereocenters. The van der Waals surface area contributed by atoms with E-state index in [-0.39, 0.29) is 5.46 Å². The molecule has 5 heteroatoms. The molecule has 0 atom stereocenters. The van der Waals surface area contributed by atoms with E-state index in [1.165, 1.54) is 13.2 Å². The van der Waals surface area contributed by atoms with Crippen LogP contribution in [0.15, 0.2) is 12.1 Å². The summed E-state index contributed by atoms with van der Waals surface area (Å²) < 4.78 is 4.96. The normalized spacial score (nSPS) is 9.92. The SMILES string of the molecule is COc1cc(C)c(Cl)c(B(O)O)c1. The predicted octanol–water partition coefficient (Wildman–Crippen LogP) is 0.337. The van der Waals surface area contributed by atoms with E-state index in [9.17, 15) is 0 Å². The zero-order valence-corrected chi connectivity index (χ0v) is 8.17. The Bertz CT molecular complexity index is 315. The van der Waals surface area contributed by atoms with Crippen LogP contribution >= 0.6 is 11.6 Å². The maximum atomic E-state index is 8.96. The van der Waals surface area contributed by atoms with Crippen LogP contribution in [0.25, 0.3) is 0 Å². The van der Waals surface area contributed by atoms with E-state index in [1.807, 2.05) is 0 Å². The molecule has 1 rings (SSSR count). The highest BCUT2D eigenvalue weighted by Gasteiger charge is 2.17. The molecule has 70 valence electrons. The molecule has 0 saturated carbocycles. The van der Waals surface area contributed by atoms with Crippen molar-refractivity contribution in [1.82, 2.24) is 0 Å². The molecule has 0 aliphatic rings. The molecular weight excluding hydrogens is 190 g/mol. The van der Waals surface area contributed by atoms with Crippen molar-refractivity contribution in [2.75, 3.05) is 7.11 Å². The number of ether oxygens (including phenoxy) is 1. The number of rotatable bonds is 2. The van der Waals surface area contributed by atoms with E-state index >= 15 is 0 Å². The average Bonchev–Trinajstić information content (AvgIpc) is 2.09. The molecular formula is C8H10BClO3. The molecule has 0 bridgehead atoms. The van der Waals surface area contributed by atoms with Crippen LogP contribution in [0.5, 0.6) is 5.75 Å². The maximum Gasteiger partial charge on any atom is 0.490 e. The predicted molar refractivity (Wildman–Crippen MR) is 52.6 cm³/mol. The topological polar surface area (TPSA) is 49.7 Å². The van der Waals surface area contributed by atoms with Crippen molar-refractivity contribution in [3.05, 3.63) is 22.7 Å². The van der Waals surface area contributed by atoms with Crippen LogP contribution in [0.3, 0.4) is 0 Å². The van der Waals surface area contributed by atoms with Crippen molar-refractivity contribution < 1.29 is 14.8 Å². The molecule has 0 spiro atoms. The Kier molecular flexibility index (Phi) is 3.19. The van der Waals surface area contributed by atoms with Crippen LogP contribution in [0.1, 0.15) is 5.56 Å². The fraction of sp³-hybridized carbons (Fsp3) is 0.250. The monoisotopic (exact) mass is 200 g/mol. The standard InChI is InChI=1S/C8H10BClO3/c1-5-3-6(13-2)4-7(8(5)10)9(11)12/h3-4,11-12H,1-2H3.